The van der Waals surface area contributed by atoms with E-state index in [1.165, 1.54) is 0 Å². The van der Waals surface area contributed by atoms with E-state index in [4.69, 9.17) is 4.74 Å². The first-order chi connectivity index (χ1) is 12.0. The highest BCUT2D eigenvalue weighted by atomic mass is 16.5. The molecule has 0 aliphatic rings. The zero-order valence-corrected chi connectivity index (χ0v) is 14.7. The van der Waals surface area contributed by atoms with Crippen molar-refractivity contribution in [3.8, 4) is 5.75 Å². The molecule has 0 radical (unpaired) electrons. The molecule has 0 spiro atoms. The third kappa shape index (κ3) is 5.09. The molecule has 0 saturated carbocycles. The molecule has 1 atom stereocenters. The van der Waals surface area contributed by atoms with E-state index in [-0.39, 0.29) is 12.6 Å². The van der Waals surface area contributed by atoms with E-state index in [1.54, 1.807) is 25.4 Å². The van der Waals surface area contributed by atoms with Gasteiger partial charge in [0.1, 0.15) is 11.6 Å². The van der Waals surface area contributed by atoms with Crippen molar-refractivity contribution in [3.05, 3.63) is 53.7 Å². The topological polar surface area (TPSA) is 86.7 Å². The van der Waals surface area contributed by atoms with Crippen LogP contribution in [-0.2, 0) is 6.54 Å². The van der Waals surface area contributed by atoms with Crippen LogP contribution in [0.15, 0.2) is 42.6 Å². The highest BCUT2D eigenvalue weighted by Gasteiger charge is 2.14. The second-order valence-corrected chi connectivity index (χ2v) is 5.70. The Morgan fingerprint density at radius 3 is 2.72 bits per heavy atom. The highest BCUT2D eigenvalue weighted by Crippen LogP contribution is 2.23. The van der Waals surface area contributed by atoms with Crippen molar-refractivity contribution in [1.29, 1.82) is 0 Å². The molecule has 0 unspecified atom stereocenters. The number of aliphatic hydroxyl groups is 1. The molecule has 0 aliphatic heterocycles. The van der Waals surface area contributed by atoms with Gasteiger partial charge < -0.3 is 25.4 Å². The fourth-order valence-electron chi connectivity index (χ4n) is 2.45. The summed E-state index contributed by atoms with van der Waals surface area (Å²) in [4.78, 5) is 18.2. The number of amides is 2. The summed E-state index contributed by atoms with van der Waals surface area (Å²) in [7, 11) is 5.34. The van der Waals surface area contributed by atoms with E-state index in [2.05, 4.69) is 15.6 Å². The molecule has 0 bridgehead atoms. The number of carbonyl (C=O) groups excluding carboxylic acids is 1. The number of para-hydroxylation sites is 1. The Labute approximate surface area is 147 Å². The molecule has 1 aromatic carbocycles. The van der Waals surface area contributed by atoms with Crippen LogP contribution in [0.1, 0.15) is 17.2 Å². The van der Waals surface area contributed by atoms with Crippen LogP contribution in [0.4, 0.5) is 10.6 Å². The van der Waals surface area contributed by atoms with Crippen LogP contribution in [0.2, 0.25) is 0 Å². The van der Waals surface area contributed by atoms with Gasteiger partial charge in [0.2, 0.25) is 0 Å². The minimum Gasteiger partial charge on any atom is -0.496 e. The van der Waals surface area contributed by atoms with Crippen molar-refractivity contribution in [2.45, 2.75) is 12.6 Å². The monoisotopic (exact) mass is 344 g/mol. The molecule has 7 nitrogen and oxygen atoms in total. The van der Waals surface area contributed by atoms with Crippen LogP contribution in [0, 0.1) is 0 Å². The minimum absolute atomic E-state index is 0.0831. The summed E-state index contributed by atoms with van der Waals surface area (Å²) in [5, 5.41) is 15.7. The lowest BCUT2D eigenvalue weighted by atomic mass is 10.1. The second-order valence-electron chi connectivity index (χ2n) is 5.70. The van der Waals surface area contributed by atoms with Gasteiger partial charge in [0.15, 0.2) is 0 Å². The number of benzene rings is 1. The number of nitrogens with zero attached hydrogens (tertiary/aromatic N) is 2. The van der Waals surface area contributed by atoms with Gasteiger partial charge in [0, 0.05) is 44.5 Å². The van der Waals surface area contributed by atoms with Crippen LogP contribution in [0.3, 0.4) is 0 Å². The number of urea groups is 1. The maximum Gasteiger partial charge on any atom is 0.315 e. The van der Waals surface area contributed by atoms with Gasteiger partial charge in [-0.25, -0.2) is 9.78 Å². The summed E-state index contributed by atoms with van der Waals surface area (Å²) < 4.78 is 5.21. The third-order valence-corrected chi connectivity index (χ3v) is 3.68. The normalized spacial score (nSPS) is 11.5. The quantitative estimate of drug-likeness (QED) is 0.711. The van der Waals surface area contributed by atoms with Gasteiger partial charge >= 0.3 is 6.03 Å². The molecule has 2 amide bonds. The molecule has 134 valence electrons. The van der Waals surface area contributed by atoms with E-state index >= 15 is 0 Å². The summed E-state index contributed by atoms with van der Waals surface area (Å²) >= 11 is 0. The molecule has 0 fully saturated rings. The molecular formula is C18H24N4O3. The minimum atomic E-state index is -0.849. The van der Waals surface area contributed by atoms with Gasteiger partial charge in [-0.15, -0.1) is 0 Å². The lowest BCUT2D eigenvalue weighted by molar-refractivity contribution is 0.169. The summed E-state index contributed by atoms with van der Waals surface area (Å²) in [5.41, 5.74) is 1.54. The first-order valence-corrected chi connectivity index (χ1v) is 7.96. The standard InChI is InChI=1S/C18H24N4O3/c1-22(2)17-13(7-6-10-19-17)11-20-18(24)21-12-15(23)14-8-4-5-9-16(14)25-3/h4-10,15,23H,11-12H2,1-3H3,(H2,20,21,24)/t15-/m1/s1. The lowest BCUT2D eigenvalue weighted by Gasteiger charge is -2.17. The van der Waals surface area contributed by atoms with Gasteiger partial charge in [0.25, 0.3) is 0 Å². The third-order valence-electron chi connectivity index (χ3n) is 3.68. The van der Waals surface area contributed by atoms with Crippen LogP contribution >= 0.6 is 0 Å². The number of rotatable bonds is 7. The van der Waals surface area contributed by atoms with Crippen LogP contribution in [0.5, 0.6) is 5.75 Å². The van der Waals surface area contributed by atoms with Crippen LogP contribution in [-0.4, -0.2) is 43.9 Å². The number of anilines is 1. The van der Waals surface area contributed by atoms with Gasteiger partial charge in [-0.3, -0.25) is 0 Å². The Morgan fingerprint density at radius 2 is 2.00 bits per heavy atom. The molecule has 0 saturated heterocycles. The predicted octanol–water partition coefficient (Wildman–Crippen LogP) is 1.69. The average Bonchev–Trinajstić information content (AvgIpc) is 2.64. The number of hydrogen-bond donors (Lipinski definition) is 3. The van der Waals surface area contributed by atoms with Crippen LogP contribution < -0.4 is 20.3 Å². The van der Waals surface area contributed by atoms with E-state index in [1.807, 2.05) is 43.3 Å². The van der Waals surface area contributed by atoms with E-state index in [0.717, 1.165) is 11.4 Å². The zero-order valence-electron chi connectivity index (χ0n) is 14.7. The van der Waals surface area contributed by atoms with Crippen molar-refractivity contribution >= 4 is 11.8 Å². The maximum absolute atomic E-state index is 12.0. The van der Waals surface area contributed by atoms with Gasteiger partial charge in [-0.1, -0.05) is 24.3 Å². The molecular weight excluding hydrogens is 320 g/mol. The van der Waals surface area contributed by atoms with Gasteiger partial charge in [-0.05, 0) is 12.1 Å². The van der Waals surface area contributed by atoms with E-state index < -0.39 is 6.10 Å². The molecule has 1 aromatic heterocycles. The number of methoxy groups -OCH3 is 1. The zero-order chi connectivity index (χ0) is 18.2. The molecule has 25 heavy (non-hydrogen) atoms. The number of pyridine rings is 1. The van der Waals surface area contributed by atoms with Gasteiger partial charge in [-0.2, -0.15) is 0 Å². The Balaban J connectivity index is 1.87. The first-order valence-electron chi connectivity index (χ1n) is 7.96. The fourth-order valence-corrected chi connectivity index (χ4v) is 2.45. The fraction of sp³-hybridized carbons (Fsp3) is 0.333. The highest BCUT2D eigenvalue weighted by molar-refractivity contribution is 5.74. The Bertz CT molecular complexity index is 706. The lowest BCUT2D eigenvalue weighted by Crippen LogP contribution is -2.37. The smallest absolute Gasteiger partial charge is 0.315 e. The Morgan fingerprint density at radius 1 is 1.24 bits per heavy atom. The SMILES string of the molecule is COc1ccccc1[C@H](O)CNC(=O)NCc1cccnc1N(C)C. The van der Waals surface area contributed by atoms with Crippen LogP contribution in [0.25, 0.3) is 0 Å². The number of aliphatic hydroxyl groups excluding tert-OH is 1. The average molecular weight is 344 g/mol. The maximum atomic E-state index is 12.0. The summed E-state index contributed by atoms with van der Waals surface area (Å²) in [5.74, 6) is 1.39. The van der Waals surface area contributed by atoms with Crippen molar-refractivity contribution in [2.75, 3.05) is 32.6 Å². The summed E-state index contributed by atoms with van der Waals surface area (Å²) in [6, 6.07) is 10.5. The van der Waals surface area contributed by atoms with Gasteiger partial charge in [0.05, 0.1) is 13.2 Å². The molecule has 3 N–H and O–H groups in total. The Hall–Kier alpha value is -2.80. The molecule has 1 heterocycles. The van der Waals surface area contributed by atoms with Crippen molar-refractivity contribution < 1.29 is 14.6 Å². The molecule has 2 aromatic rings. The van der Waals surface area contributed by atoms with Crippen molar-refractivity contribution in [1.82, 2.24) is 15.6 Å². The number of aromatic nitrogens is 1. The Kier molecular flexibility index (Phi) is 6.59. The second kappa shape index (κ2) is 8.89. The molecule has 7 heteroatoms. The first kappa shape index (κ1) is 18.5. The number of carbonyl (C=O) groups is 1. The van der Waals surface area contributed by atoms with E-state index in [0.29, 0.717) is 17.9 Å². The van der Waals surface area contributed by atoms with E-state index in [9.17, 15) is 9.90 Å². The largest absolute Gasteiger partial charge is 0.496 e. The van der Waals surface area contributed by atoms with Crippen molar-refractivity contribution in [2.24, 2.45) is 0 Å². The number of nitrogens with one attached hydrogen (secondary N) is 2. The molecule has 0 aliphatic carbocycles. The molecule has 2 rings (SSSR count). The predicted molar refractivity (Wildman–Crippen MR) is 96.8 cm³/mol. The summed E-state index contributed by atoms with van der Waals surface area (Å²) in [6.45, 7) is 0.428. The van der Waals surface area contributed by atoms with Crippen molar-refractivity contribution in [3.63, 3.8) is 0 Å². The number of hydrogen-bond acceptors (Lipinski definition) is 5. The summed E-state index contributed by atoms with van der Waals surface area (Å²) in [6.07, 6.45) is 0.861. The number of ether oxygens (including phenoxy) is 1.